The molecular weight excluding hydrogens is 340 g/mol. The van der Waals surface area contributed by atoms with E-state index in [9.17, 15) is 13.2 Å². The molecule has 0 aromatic heterocycles. The van der Waals surface area contributed by atoms with Gasteiger partial charge in [0.05, 0.1) is 11.9 Å². The first-order valence-corrected chi connectivity index (χ1v) is 9.70. The molecule has 0 spiro atoms. The van der Waals surface area contributed by atoms with Gasteiger partial charge in [-0.3, -0.25) is 9.10 Å². The fourth-order valence-electron chi connectivity index (χ4n) is 2.14. The Morgan fingerprint density at radius 1 is 1.16 bits per heavy atom. The number of sulfonamides is 1. The Balaban J connectivity index is 1.96. The zero-order chi connectivity index (χ0) is 18.4. The minimum absolute atomic E-state index is 0.127. The number of hydrogen-bond donors (Lipinski definition) is 1. The van der Waals surface area contributed by atoms with E-state index in [2.05, 4.69) is 12.2 Å². The average molecular weight is 362 g/mol. The number of carbonyl (C=O) groups excluding carboxylic acids is 1. The Hall–Kier alpha value is -2.54. The molecule has 0 saturated carbocycles. The van der Waals surface area contributed by atoms with E-state index in [0.29, 0.717) is 17.1 Å². The van der Waals surface area contributed by atoms with Crippen LogP contribution < -0.4 is 14.4 Å². The van der Waals surface area contributed by atoms with Gasteiger partial charge in [0.25, 0.3) is 5.91 Å². The van der Waals surface area contributed by atoms with Crippen molar-refractivity contribution in [2.45, 2.75) is 13.3 Å². The van der Waals surface area contributed by atoms with Crippen LogP contribution in [0.1, 0.15) is 12.5 Å². The number of aryl methyl sites for hydroxylation is 1. The van der Waals surface area contributed by atoms with Gasteiger partial charge in [-0.05, 0) is 42.3 Å². The van der Waals surface area contributed by atoms with Crippen molar-refractivity contribution in [2.75, 3.05) is 29.5 Å². The van der Waals surface area contributed by atoms with Crippen molar-refractivity contribution >= 4 is 27.3 Å². The number of carbonyl (C=O) groups is 1. The standard InChI is InChI=1S/C18H22N2O4S/c1-4-14-8-10-17(11-9-14)24-13-18(21)19-15-6-5-7-16(12-15)20(2)25(3,22)23/h5-12H,4,13H2,1-3H3,(H,19,21). The first-order valence-electron chi connectivity index (χ1n) is 7.85. The molecule has 0 unspecified atom stereocenters. The summed E-state index contributed by atoms with van der Waals surface area (Å²) in [6.45, 7) is 1.94. The van der Waals surface area contributed by atoms with E-state index < -0.39 is 10.0 Å². The summed E-state index contributed by atoms with van der Waals surface area (Å²) < 4.78 is 29.8. The molecule has 0 radical (unpaired) electrons. The highest BCUT2D eigenvalue weighted by molar-refractivity contribution is 7.92. The van der Waals surface area contributed by atoms with Crippen LogP contribution in [-0.2, 0) is 21.2 Å². The summed E-state index contributed by atoms with van der Waals surface area (Å²) in [6.07, 6.45) is 2.06. The summed E-state index contributed by atoms with van der Waals surface area (Å²) in [6, 6.07) is 14.2. The maximum atomic E-state index is 12.0. The predicted octanol–water partition coefficient (Wildman–Crippen LogP) is 2.66. The topological polar surface area (TPSA) is 75.7 Å². The van der Waals surface area contributed by atoms with Crippen LogP contribution in [0, 0.1) is 0 Å². The Morgan fingerprint density at radius 2 is 1.84 bits per heavy atom. The van der Waals surface area contributed by atoms with Gasteiger partial charge in [-0.25, -0.2) is 8.42 Å². The fraction of sp³-hybridized carbons (Fsp3) is 0.278. The Labute approximate surface area is 148 Å². The zero-order valence-electron chi connectivity index (χ0n) is 14.5. The van der Waals surface area contributed by atoms with Crippen LogP contribution in [-0.4, -0.2) is 34.2 Å². The van der Waals surface area contributed by atoms with Gasteiger partial charge in [0.2, 0.25) is 10.0 Å². The van der Waals surface area contributed by atoms with Crippen molar-refractivity contribution in [3.63, 3.8) is 0 Å². The van der Waals surface area contributed by atoms with Crippen LogP contribution >= 0.6 is 0 Å². The van der Waals surface area contributed by atoms with Crippen molar-refractivity contribution < 1.29 is 17.9 Å². The summed E-state index contributed by atoms with van der Waals surface area (Å²) in [5.74, 6) is 0.302. The molecule has 1 amide bonds. The third-order valence-corrected chi connectivity index (χ3v) is 4.90. The molecular formula is C18H22N2O4S. The van der Waals surface area contributed by atoms with Gasteiger partial charge in [-0.15, -0.1) is 0 Å². The van der Waals surface area contributed by atoms with Gasteiger partial charge in [0.15, 0.2) is 6.61 Å². The van der Waals surface area contributed by atoms with Crippen molar-refractivity contribution in [2.24, 2.45) is 0 Å². The molecule has 25 heavy (non-hydrogen) atoms. The Morgan fingerprint density at radius 3 is 2.44 bits per heavy atom. The Kier molecular flexibility index (Phi) is 6.03. The van der Waals surface area contributed by atoms with E-state index in [0.717, 1.165) is 17.0 Å². The smallest absolute Gasteiger partial charge is 0.262 e. The van der Waals surface area contributed by atoms with E-state index in [1.165, 1.54) is 12.6 Å². The normalized spacial score (nSPS) is 11.0. The molecule has 0 aliphatic heterocycles. The number of hydrogen-bond acceptors (Lipinski definition) is 4. The number of nitrogens with one attached hydrogen (secondary N) is 1. The summed E-state index contributed by atoms with van der Waals surface area (Å²) in [5, 5.41) is 2.70. The number of amides is 1. The lowest BCUT2D eigenvalue weighted by molar-refractivity contribution is -0.118. The van der Waals surface area contributed by atoms with E-state index in [1.54, 1.807) is 24.3 Å². The molecule has 0 atom stereocenters. The molecule has 2 aromatic carbocycles. The first kappa shape index (κ1) is 18.8. The number of nitrogens with zero attached hydrogens (tertiary/aromatic N) is 1. The lowest BCUT2D eigenvalue weighted by Gasteiger charge is -2.17. The first-order chi connectivity index (χ1) is 11.8. The van der Waals surface area contributed by atoms with Crippen LogP contribution in [0.5, 0.6) is 5.75 Å². The van der Waals surface area contributed by atoms with Crippen LogP contribution in [0.4, 0.5) is 11.4 Å². The van der Waals surface area contributed by atoms with Crippen molar-refractivity contribution in [3.8, 4) is 5.75 Å². The monoisotopic (exact) mass is 362 g/mol. The van der Waals surface area contributed by atoms with Crippen LogP contribution in [0.3, 0.4) is 0 Å². The number of benzene rings is 2. The summed E-state index contributed by atoms with van der Waals surface area (Å²) >= 11 is 0. The summed E-state index contributed by atoms with van der Waals surface area (Å²) in [5.41, 5.74) is 2.17. The van der Waals surface area contributed by atoms with E-state index >= 15 is 0 Å². The molecule has 0 aliphatic rings. The average Bonchev–Trinajstić information content (AvgIpc) is 2.59. The molecule has 1 N–H and O–H groups in total. The third-order valence-electron chi connectivity index (χ3n) is 3.69. The molecule has 6 nitrogen and oxygen atoms in total. The van der Waals surface area contributed by atoms with Gasteiger partial charge in [-0.2, -0.15) is 0 Å². The number of anilines is 2. The lowest BCUT2D eigenvalue weighted by atomic mass is 10.2. The van der Waals surface area contributed by atoms with Crippen LogP contribution in [0.15, 0.2) is 48.5 Å². The third kappa shape index (κ3) is 5.49. The molecule has 0 saturated heterocycles. The molecule has 0 fully saturated rings. The minimum atomic E-state index is -3.36. The molecule has 0 heterocycles. The highest BCUT2D eigenvalue weighted by Crippen LogP contribution is 2.20. The SMILES string of the molecule is CCc1ccc(OCC(=O)Nc2cccc(N(C)S(C)(=O)=O)c2)cc1. The highest BCUT2D eigenvalue weighted by Gasteiger charge is 2.12. The minimum Gasteiger partial charge on any atom is -0.484 e. The predicted molar refractivity (Wildman–Crippen MR) is 99.6 cm³/mol. The molecule has 2 aromatic rings. The second-order valence-electron chi connectivity index (χ2n) is 5.62. The van der Waals surface area contributed by atoms with Gasteiger partial charge in [0, 0.05) is 12.7 Å². The molecule has 7 heteroatoms. The number of rotatable bonds is 7. The van der Waals surface area contributed by atoms with Crippen molar-refractivity contribution in [1.82, 2.24) is 0 Å². The van der Waals surface area contributed by atoms with Crippen LogP contribution in [0.2, 0.25) is 0 Å². The summed E-state index contributed by atoms with van der Waals surface area (Å²) in [7, 11) is -1.90. The van der Waals surface area contributed by atoms with Gasteiger partial charge in [0.1, 0.15) is 5.75 Å². The van der Waals surface area contributed by atoms with E-state index in [1.807, 2.05) is 24.3 Å². The second-order valence-corrected chi connectivity index (χ2v) is 7.63. The quantitative estimate of drug-likeness (QED) is 0.822. The van der Waals surface area contributed by atoms with Crippen molar-refractivity contribution in [3.05, 3.63) is 54.1 Å². The van der Waals surface area contributed by atoms with Gasteiger partial charge >= 0.3 is 0 Å². The zero-order valence-corrected chi connectivity index (χ0v) is 15.3. The van der Waals surface area contributed by atoms with Gasteiger partial charge < -0.3 is 10.1 Å². The molecule has 2 rings (SSSR count). The molecule has 0 bridgehead atoms. The largest absolute Gasteiger partial charge is 0.484 e. The maximum Gasteiger partial charge on any atom is 0.262 e. The van der Waals surface area contributed by atoms with Gasteiger partial charge in [-0.1, -0.05) is 25.1 Å². The fourth-order valence-corrected chi connectivity index (χ4v) is 2.63. The maximum absolute atomic E-state index is 12.0. The van der Waals surface area contributed by atoms with E-state index in [4.69, 9.17) is 4.74 Å². The number of ether oxygens (including phenoxy) is 1. The molecule has 134 valence electrons. The van der Waals surface area contributed by atoms with Crippen molar-refractivity contribution in [1.29, 1.82) is 0 Å². The Bertz CT molecular complexity index is 832. The highest BCUT2D eigenvalue weighted by atomic mass is 32.2. The lowest BCUT2D eigenvalue weighted by Crippen LogP contribution is -2.25. The van der Waals surface area contributed by atoms with E-state index in [-0.39, 0.29) is 12.5 Å². The second kappa shape index (κ2) is 8.02. The van der Waals surface area contributed by atoms with Crippen LogP contribution in [0.25, 0.3) is 0 Å². The summed E-state index contributed by atoms with van der Waals surface area (Å²) in [4.78, 5) is 12.0. The molecule has 0 aliphatic carbocycles.